The summed E-state index contributed by atoms with van der Waals surface area (Å²) in [5.41, 5.74) is 11.0. The molecule has 8 aromatic carbocycles. The molecule has 248 valence electrons. The summed E-state index contributed by atoms with van der Waals surface area (Å²) in [4.78, 5) is 14.9. The summed E-state index contributed by atoms with van der Waals surface area (Å²) >= 11 is 0. The molecule has 0 fully saturated rings. The quantitative estimate of drug-likeness (QED) is 0.176. The van der Waals surface area contributed by atoms with E-state index < -0.39 is 0 Å². The molecule has 4 heteroatoms. The van der Waals surface area contributed by atoms with Gasteiger partial charge in [-0.25, -0.2) is 15.0 Å². The Labute approximate surface area is 307 Å². The fourth-order valence-electron chi connectivity index (χ4n) is 7.44. The van der Waals surface area contributed by atoms with Crippen LogP contribution in [-0.4, -0.2) is 19.5 Å². The van der Waals surface area contributed by atoms with Gasteiger partial charge < -0.3 is 4.57 Å². The number of fused-ring (bicyclic) bond motifs is 4. The van der Waals surface area contributed by atoms with E-state index in [1.807, 2.05) is 30.3 Å². The van der Waals surface area contributed by atoms with Crippen molar-refractivity contribution >= 4 is 32.6 Å². The maximum absolute atomic E-state index is 5.02. The van der Waals surface area contributed by atoms with E-state index in [2.05, 4.69) is 168 Å². The molecule has 0 N–H and O–H groups in total. The Bertz CT molecular complexity index is 2850. The number of nitrogens with zero attached hydrogens (tertiary/aromatic N) is 4. The monoisotopic (exact) mass is 676 g/mol. The van der Waals surface area contributed by atoms with Crippen molar-refractivity contribution in [3.8, 4) is 62.1 Å². The fraction of sp³-hybridized carbons (Fsp3) is 0. The normalized spacial score (nSPS) is 11.4. The number of hydrogen-bond acceptors (Lipinski definition) is 3. The van der Waals surface area contributed by atoms with Crippen LogP contribution in [0.5, 0.6) is 0 Å². The van der Waals surface area contributed by atoms with E-state index in [0.29, 0.717) is 17.5 Å². The summed E-state index contributed by atoms with van der Waals surface area (Å²) in [6, 6.07) is 68.1. The predicted octanol–water partition coefficient (Wildman–Crippen LogP) is 12.5. The molecule has 0 aliphatic rings. The summed E-state index contributed by atoms with van der Waals surface area (Å²) in [7, 11) is 0. The van der Waals surface area contributed by atoms with E-state index in [1.165, 1.54) is 38.1 Å². The van der Waals surface area contributed by atoms with Crippen molar-refractivity contribution in [2.24, 2.45) is 0 Å². The summed E-state index contributed by atoms with van der Waals surface area (Å²) in [6.07, 6.45) is 0. The number of para-hydroxylation sites is 2. The van der Waals surface area contributed by atoms with Gasteiger partial charge in [0.1, 0.15) is 0 Å². The van der Waals surface area contributed by atoms with Crippen LogP contribution < -0.4 is 0 Å². The third-order valence-corrected chi connectivity index (χ3v) is 10.1. The lowest BCUT2D eigenvalue weighted by atomic mass is 9.97. The molecular formula is C49H32N4. The highest BCUT2D eigenvalue weighted by Crippen LogP contribution is 2.34. The second-order valence-electron chi connectivity index (χ2n) is 13.3. The van der Waals surface area contributed by atoms with Crippen LogP contribution in [0.1, 0.15) is 0 Å². The molecule has 10 rings (SSSR count). The van der Waals surface area contributed by atoms with Gasteiger partial charge in [-0.15, -0.1) is 0 Å². The lowest BCUT2D eigenvalue weighted by Crippen LogP contribution is -2.00. The van der Waals surface area contributed by atoms with Gasteiger partial charge in [0.05, 0.1) is 11.0 Å². The highest BCUT2D eigenvalue weighted by atomic mass is 15.0. The fourth-order valence-corrected chi connectivity index (χ4v) is 7.44. The van der Waals surface area contributed by atoms with Gasteiger partial charge in [-0.2, -0.15) is 0 Å². The van der Waals surface area contributed by atoms with Crippen LogP contribution in [0.4, 0.5) is 0 Å². The van der Waals surface area contributed by atoms with Crippen LogP contribution in [0.25, 0.3) is 94.7 Å². The topological polar surface area (TPSA) is 43.6 Å². The molecule has 0 saturated heterocycles. The minimum absolute atomic E-state index is 0.639. The number of benzene rings is 8. The average Bonchev–Trinajstić information content (AvgIpc) is 3.58. The maximum Gasteiger partial charge on any atom is 0.164 e. The average molecular weight is 677 g/mol. The van der Waals surface area contributed by atoms with Gasteiger partial charge in [0, 0.05) is 33.2 Å². The lowest BCUT2D eigenvalue weighted by Gasteiger charge is -2.11. The van der Waals surface area contributed by atoms with Gasteiger partial charge in [0.15, 0.2) is 17.5 Å². The Morgan fingerprint density at radius 3 is 1.28 bits per heavy atom. The second-order valence-corrected chi connectivity index (χ2v) is 13.3. The lowest BCUT2D eigenvalue weighted by molar-refractivity contribution is 1.07. The van der Waals surface area contributed by atoms with Gasteiger partial charge in [-0.1, -0.05) is 170 Å². The first-order chi connectivity index (χ1) is 26.3. The molecule has 53 heavy (non-hydrogen) atoms. The summed E-state index contributed by atoms with van der Waals surface area (Å²) in [5, 5.41) is 4.99. The molecule has 0 spiro atoms. The van der Waals surface area contributed by atoms with Crippen molar-refractivity contribution in [2.45, 2.75) is 0 Å². The minimum Gasteiger partial charge on any atom is -0.309 e. The van der Waals surface area contributed by atoms with E-state index in [-0.39, 0.29) is 0 Å². The number of hydrogen-bond donors (Lipinski definition) is 0. The predicted molar refractivity (Wildman–Crippen MR) is 219 cm³/mol. The first-order valence-electron chi connectivity index (χ1n) is 17.9. The molecule has 0 aliphatic carbocycles. The Morgan fingerprint density at radius 1 is 0.283 bits per heavy atom. The van der Waals surface area contributed by atoms with E-state index in [4.69, 9.17) is 15.0 Å². The van der Waals surface area contributed by atoms with Crippen LogP contribution in [0.15, 0.2) is 194 Å². The number of aromatic nitrogens is 4. The molecule has 0 bridgehead atoms. The van der Waals surface area contributed by atoms with Gasteiger partial charge in [0.2, 0.25) is 0 Å². The molecule has 0 saturated carbocycles. The van der Waals surface area contributed by atoms with E-state index in [9.17, 15) is 0 Å². The van der Waals surface area contributed by atoms with Crippen LogP contribution in [0, 0.1) is 0 Å². The Balaban J connectivity index is 0.984. The van der Waals surface area contributed by atoms with E-state index in [0.717, 1.165) is 39.1 Å². The maximum atomic E-state index is 5.02. The summed E-state index contributed by atoms with van der Waals surface area (Å²) < 4.78 is 2.34. The number of rotatable bonds is 6. The van der Waals surface area contributed by atoms with Crippen molar-refractivity contribution < 1.29 is 0 Å². The molecule has 0 unspecified atom stereocenters. The molecule has 4 nitrogen and oxygen atoms in total. The smallest absolute Gasteiger partial charge is 0.164 e. The Hall–Kier alpha value is -7.17. The van der Waals surface area contributed by atoms with E-state index >= 15 is 0 Å². The molecule has 0 radical (unpaired) electrons. The zero-order valence-electron chi connectivity index (χ0n) is 28.8. The first kappa shape index (κ1) is 30.6. The first-order valence-corrected chi connectivity index (χ1v) is 17.9. The molecular weight excluding hydrogens is 645 g/mol. The largest absolute Gasteiger partial charge is 0.309 e. The van der Waals surface area contributed by atoms with Crippen molar-refractivity contribution in [1.29, 1.82) is 0 Å². The van der Waals surface area contributed by atoms with Crippen LogP contribution >= 0.6 is 0 Å². The molecule has 10 aromatic rings. The highest BCUT2D eigenvalue weighted by Gasteiger charge is 2.15. The van der Waals surface area contributed by atoms with Crippen molar-refractivity contribution in [1.82, 2.24) is 19.5 Å². The zero-order chi connectivity index (χ0) is 35.1. The molecule has 0 amide bonds. The molecule has 0 atom stereocenters. The second kappa shape index (κ2) is 12.9. The summed E-state index contributed by atoms with van der Waals surface area (Å²) in [6.45, 7) is 0. The van der Waals surface area contributed by atoms with Gasteiger partial charge in [-0.3, -0.25) is 0 Å². The Kier molecular flexibility index (Phi) is 7.43. The van der Waals surface area contributed by atoms with Crippen LogP contribution in [-0.2, 0) is 0 Å². The van der Waals surface area contributed by atoms with E-state index in [1.54, 1.807) is 0 Å². The van der Waals surface area contributed by atoms with Crippen molar-refractivity contribution in [2.75, 3.05) is 0 Å². The molecule has 0 aliphatic heterocycles. The van der Waals surface area contributed by atoms with Gasteiger partial charge in [0.25, 0.3) is 0 Å². The zero-order valence-corrected chi connectivity index (χ0v) is 28.8. The third-order valence-electron chi connectivity index (χ3n) is 10.1. The highest BCUT2D eigenvalue weighted by molar-refractivity contribution is 6.09. The van der Waals surface area contributed by atoms with Crippen LogP contribution in [0.2, 0.25) is 0 Å². The Morgan fingerprint density at radius 2 is 0.698 bits per heavy atom. The van der Waals surface area contributed by atoms with Gasteiger partial charge in [-0.05, 0) is 57.3 Å². The molecule has 2 heterocycles. The van der Waals surface area contributed by atoms with Crippen LogP contribution in [0.3, 0.4) is 0 Å². The summed E-state index contributed by atoms with van der Waals surface area (Å²) in [5.74, 6) is 1.93. The molecule has 2 aromatic heterocycles. The minimum atomic E-state index is 0.639. The van der Waals surface area contributed by atoms with Crippen molar-refractivity contribution in [3.63, 3.8) is 0 Å². The SMILES string of the molecule is c1ccc(-c2nc(-c3ccc(-c4ccc(-n5c6ccccc6c6ccccc65)cc4)cc3)nc(-c3ccc(-c4cccc5ccccc45)cc3)n2)cc1. The van der Waals surface area contributed by atoms with Crippen molar-refractivity contribution in [3.05, 3.63) is 194 Å². The third kappa shape index (κ3) is 5.54. The standard InChI is InChI=1S/C49H32N4/c1-2-12-37(13-3-1)47-50-48(52-49(51-47)39-27-23-36(24-28-39)42-18-10-14-35-11-4-5-15-41(35)42)38-25-21-33(22-26-38)34-29-31-40(32-30-34)53-45-19-8-6-16-43(45)44-17-7-9-20-46(44)53/h1-32H. The van der Waals surface area contributed by atoms with Gasteiger partial charge >= 0.3 is 0 Å².